The average Bonchev–Trinajstić information content (AvgIpc) is 1.86. The standard InChI is InChI=1S/C7H13BrO3/c1-3-5(9)4-7(2,8)6(10)11/h5,9H,3-4H2,1-2H3,(H,10,11). The third kappa shape index (κ3) is 3.72. The maximum atomic E-state index is 10.5. The number of aliphatic hydroxyl groups excluding tert-OH is 1. The third-order valence-corrected chi connectivity index (χ3v) is 2.20. The smallest absolute Gasteiger partial charge is 0.320 e. The Morgan fingerprint density at radius 1 is 1.73 bits per heavy atom. The van der Waals surface area contributed by atoms with E-state index in [9.17, 15) is 4.79 Å². The van der Waals surface area contributed by atoms with Crippen LogP contribution in [0.3, 0.4) is 0 Å². The highest BCUT2D eigenvalue weighted by atomic mass is 79.9. The Balaban J connectivity index is 4.01. The molecule has 2 atom stereocenters. The highest BCUT2D eigenvalue weighted by molar-refractivity contribution is 9.10. The molecule has 0 aliphatic rings. The molecule has 0 aromatic carbocycles. The van der Waals surface area contributed by atoms with E-state index in [2.05, 4.69) is 15.9 Å². The Kier molecular flexibility index (Phi) is 4.03. The summed E-state index contributed by atoms with van der Waals surface area (Å²) in [5.41, 5.74) is 0. The van der Waals surface area contributed by atoms with Crippen molar-refractivity contribution in [2.45, 2.75) is 37.1 Å². The van der Waals surface area contributed by atoms with Crippen LogP contribution in [0.4, 0.5) is 0 Å². The van der Waals surface area contributed by atoms with Crippen molar-refractivity contribution in [3.8, 4) is 0 Å². The first kappa shape index (κ1) is 10.9. The lowest BCUT2D eigenvalue weighted by Gasteiger charge is -2.19. The molecule has 0 saturated heterocycles. The number of halogens is 1. The van der Waals surface area contributed by atoms with Crippen LogP contribution in [0.5, 0.6) is 0 Å². The number of hydrogen-bond donors (Lipinski definition) is 2. The minimum atomic E-state index is -0.998. The van der Waals surface area contributed by atoms with Gasteiger partial charge in [0.15, 0.2) is 0 Å². The lowest BCUT2D eigenvalue weighted by Crippen LogP contribution is -2.32. The van der Waals surface area contributed by atoms with E-state index in [0.717, 1.165) is 0 Å². The van der Waals surface area contributed by atoms with Gasteiger partial charge in [-0.3, -0.25) is 4.79 Å². The van der Waals surface area contributed by atoms with E-state index in [1.807, 2.05) is 6.92 Å². The van der Waals surface area contributed by atoms with Crippen molar-refractivity contribution in [1.82, 2.24) is 0 Å². The monoisotopic (exact) mass is 224 g/mol. The van der Waals surface area contributed by atoms with Crippen molar-refractivity contribution in [3.63, 3.8) is 0 Å². The highest BCUT2D eigenvalue weighted by Crippen LogP contribution is 2.24. The van der Waals surface area contributed by atoms with Gasteiger partial charge in [-0.15, -0.1) is 0 Å². The Morgan fingerprint density at radius 2 is 2.18 bits per heavy atom. The van der Waals surface area contributed by atoms with E-state index in [-0.39, 0.29) is 6.42 Å². The number of aliphatic carboxylic acids is 1. The minimum Gasteiger partial charge on any atom is -0.480 e. The number of carbonyl (C=O) groups is 1. The van der Waals surface area contributed by atoms with Gasteiger partial charge in [-0.05, 0) is 19.8 Å². The third-order valence-electron chi connectivity index (χ3n) is 1.54. The normalized spacial score (nSPS) is 18.9. The fourth-order valence-electron chi connectivity index (χ4n) is 0.674. The van der Waals surface area contributed by atoms with Gasteiger partial charge in [0.05, 0.1) is 6.10 Å². The summed E-state index contributed by atoms with van der Waals surface area (Å²) in [6.07, 6.45) is 0.267. The molecule has 2 unspecified atom stereocenters. The molecule has 0 bridgehead atoms. The van der Waals surface area contributed by atoms with Crippen LogP contribution in [0.25, 0.3) is 0 Å². The number of hydrogen-bond acceptors (Lipinski definition) is 2. The molecule has 0 saturated carbocycles. The summed E-state index contributed by atoms with van der Waals surface area (Å²) < 4.78 is -0.998. The summed E-state index contributed by atoms with van der Waals surface area (Å²) >= 11 is 3.03. The van der Waals surface area contributed by atoms with Crippen molar-refractivity contribution in [2.24, 2.45) is 0 Å². The Labute approximate surface area is 74.5 Å². The van der Waals surface area contributed by atoms with E-state index < -0.39 is 16.4 Å². The first-order valence-corrected chi connectivity index (χ1v) is 4.30. The average molecular weight is 225 g/mol. The molecule has 0 aromatic rings. The van der Waals surface area contributed by atoms with Gasteiger partial charge in [0.25, 0.3) is 0 Å². The van der Waals surface area contributed by atoms with Crippen LogP contribution in [0.15, 0.2) is 0 Å². The molecule has 0 fully saturated rings. The molecule has 0 radical (unpaired) electrons. The maximum absolute atomic E-state index is 10.5. The predicted octanol–water partition coefficient (Wildman–Crippen LogP) is 1.39. The summed E-state index contributed by atoms with van der Waals surface area (Å²) in [6, 6.07) is 0. The second kappa shape index (κ2) is 4.07. The van der Waals surface area contributed by atoms with Gasteiger partial charge in [0.1, 0.15) is 4.32 Å². The quantitative estimate of drug-likeness (QED) is 0.710. The fourth-order valence-corrected chi connectivity index (χ4v) is 1.05. The topological polar surface area (TPSA) is 57.5 Å². The van der Waals surface area contributed by atoms with E-state index in [1.165, 1.54) is 6.92 Å². The second-order valence-corrected chi connectivity index (χ2v) is 4.52. The van der Waals surface area contributed by atoms with E-state index in [0.29, 0.717) is 6.42 Å². The number of rotatable bonds is 4. The van der Waals surface area contributed by atoms with Crippen molar-refractivity contribution < 1.29 is 15.0 Å². The summed E-state index contributed by atoms with van der Waals surface area (Å²) in [7, 11) is 0. The van der Waals surface area contributed by atoms with E-state index >= 15 is 0 Å². The Bertz CT molecular complexity index is 145. The molecule has 0 aromatic heterocycles. The molecule has 0 aliphatic heterocycles. The van der Waals surface area contributed by atoms with Crippen LogP contribution in [0.2, 0.25) is 0 Å². The van der Waals surface area contributed by atoms with Gasteiger partial charge in [-0.25, -0.2) is 0 Å². The molecule has 3 nitrogen and oxygen atoms in total. The summed E-state index contributed by atoms with van der Waals surface area (Å²) in [4.78, 5) is 10.5. The SMILES string of the molecule is CCC(O)CC(C)(Br)C(=O)O. The molecule has 66 valence electrons. The van der Waals surface area contributed by atoms with Gasteiger partial charge in [-0.1, -0.05) is 22.9 Å². The molecule has 11 heavy (non-hydrogen) atoms. The van der Waals surface area contributed by atoms with Gasteiger partial charge < -0.3 is 10.2 Å². The van der Waals surface area contributed by atoms with Crippen LogP contribution in [-0.2, 0) is 4.79 Å². The summed E-state index contributed by atoms with van der Waals surface area (Å²) in [5.74, 6) is -0.940. The Morgan fingerprint density at radius 3 is 2.45 bits per heavy atom. The van der Waals surface area contributed by atoms with Crippen molar-refractivity contribution in [2.75, 3.05) is 0 Å². The van der Waals surface area contributed by atoms with E-state index in [4.69, 9.17) is 10.2 Å². The molecule has 0 spiro atoms. The van der Waals surface area contributed by atoms with Gasteiger partial charge >= 0.3 is 5.97 Å². The number of carboxylic acids is 1. The van der Waals surface area contributed by atoms with Crippen LogP contribution < -0.4 is 0 Å². The van der Waals surface area contributed by atoms with Crippen LogP contribution in [0.1, 0.15) is 26.7 Å². The summed E-state index contributed by atoms with van der Waals surface area (Å²) in [5, 5.41) is 17.8. The predicted molar refractivity (Wildman–Crippen MR) is 45.9 cm³/mol. The van der Waals surface area contributed by atoms with Gasteiger partial charge in [-0.2, -0.15) is 0 Å². The number of carboxylic acid groups (broad SMARTS) is 1. The molecule has 4 heteroatoms. The molecule has 0 heterocycles. The number of aliphatic hydroxyl groups is 1. The Hall–Kier alpha value is -0.0900. The molecule has 0 aliphatic carbocycles. The molecule has 0 amide bonds. The zero-order valence-electron chi connectivity index (χ0n) is 6.67. The lowest BCUT2D eigenvalue weighted by atomic mass is 10.0. The molecule has 0 rings (SSSR count). The fraction of sp³-hybridized carbons (Fsp3) is 0.857. The van der Waals surface area contributed by atoms with Crippen LogP contribution >= 0.6 is 15.9 Å². The summed E-state index contributed by atoms with van der Waals surface area (Å²) in [6.45, 7) is 3.35. The zero-order valence-corrected chi connectivity index (χ0v) is 8.26. The first-order chi connectivity index (χ1) is 4.90. The zero-order chi connectivity index (χ0) is 9.07. The minimum absolute atomic E-state index is 0.235. The van der Waals surface area contributed by atoms with Crippen LogP contribution in [-0.4, -0.2) is 26.6 Å². The van der Waals surface area contributed by atoms with Gasteiger partial charge in [0, 0.05) is 0 Å². The van der Waals surface area contributed by atoms with Crippen LogP contribution in [0, 0.1) is 0 Å². The van der Waals surface area contributed by atoms with E-state index in [1.54, 1.807) is 0 Å². The molecular weight excluding hydrogens is 212 g/mol. The maximum Gasteiger partial charge on any atom is 0.320 e. The largest absolute Gasteiger partial charge is 0.480 e. The molecular formula is C7H13BrO3. The number of alkyl halides is 1. The van der Waals surface area contributed by atoms with Gasteiger partial charge in [0.2, 0.25) is 0 Å². The highest BCUT2D eigenvalue weighted by Gasteiger charge is 2.31. The molecule has 2 N–H and O–H groups in total. The second-order valence-electron chi connectivity index (χ2n) is 2.77. The van der Waals surface area contributed by atoms with Crippen molar-refractivity contribution in [3.05, 3.63) is 0 Å². The lowest BCUT2D eigenvalue weighted by molar-refractivity contribution is -0.140. The first-order valence-electron chi connectivity index (χ1n) is 3.50. The van der Waals surface area contributed by atoms with Crippen molar-refractivity contribution >= 4 is 21.9 Å². The van der Waals surface area contributed by atoms with Crippen molar-refractivity contribution in [1.29, 1.82) is 0 Å².